The van der Waals surface area contributed by atoms with Gasteiger partial charge in [-0.15, -0.1) is 0 Å². The van der Waals surface area contributed by atoms with Crippen molar-refractivity contribution < 1.29 is 19.3 Å². The molecule has 0 aromatic rings. The van der Waals surface area contributed by atoms with E-state index in [1.54, 1.807) is 0 Å². The Morgan fingerprint density at radius 1 is 1.16 bits per heavy atom. The van der Waals surface area contributed by atoms with Gasteiger partial charge in [0.15, 0.2) is 0 Å². The van der Waals surface area contributed by atoms with Crippen molar-refractivity contribution in [2.75, 3.05) is 47.5 Å². The number of carbonyl (C=O) groups excluding carboxylic acids is 1. The third kappa shape index (κ3) is 6.63. The number of nitrogens with zero attached hydrogens (tertiary/aromatic N) is 3. The number of rotatable bonds is 10. The molecule has 0 bridgehead atoms. The second-order valence-electron chi connectivity index (χ2n) is 3.43. The molecule has 0 saturated heterocycles. The van der Waals surface area contributed by atoms with Gasteiger partial charge in [-0.1, -0.05) is 5.17 Å². The number of hydrogen-bond donors (Lipinski definition) is 3. The maximum atomic E-state index is 11.9. The molecule has 114 valence electrons. The first-order chi connectivity index (χ1) is 9.12. The lowest BCUT2D eigenvalue weighted by Gasteiger charge is -2.29. The van der Waals surface area contributed by atoms with Gasteiger partial charge in [-0.25, -0.2) is 10.6 Å². The second kappa shape index (κ2) is 10.9. The third-order valence-corrected chi connectivity index (χ3v) is 2.12. The zero-order chi connectivity index (χ0) is 14.7. The van der Waals surface area contributed by atoms with Crippen LogP contribution in [0.15, 0.2) is 0 Å². The van der Waals surface area contributed by atoms with Crippen LogP contribution in [0.4, 0.5) is 4.79 Å². The molecule has 0 aliphatic rings. The molecule has 0 atom stereocenters. The van der Waals surface area contributed by atoms with Crippen molar-refractivity contribution in [3.63, 3.8) is 0 Å². The molecule has 0 saturated carbocycles. The highest BCUT2D eigenvalue weighted by atomic mass is 17.0. The summed E-state index contributed by atoms with van der Waals surface area (Å²) in [7, 11) is 3.93. The van der Waals surface area contributed by atoms with Crippen LogP contribution in [0.25, 0.3) is 0 Å². The number of hydrogen-bond acceptors (Lipinski definition) is 8. The molecule has 2 amide bonds. The number of nitrogens with two attached hydrogens (primary N) is 2. The SMILES string of the molecule is CON(OC)N(OC)C(=O)N(N)CCCNCCN. The van der Waals surface area contributed by atoms with Gasteiger partial charge in [-0.3, -0.25) is 19.5 Å². The summed E-state index contributed by atoms with van der Waals surface area (Å²) < 4.78 is 0. The van der Waals surface area contributed by atoms with Gasteiger partial charge in [0.1, 0.15) is 0 Å². The molecular formula is C9H24N6O4. The van der Waals surface area contributed by atoms with Gasteiger partial charge >= 0.3 is 6.03 Å². The molecule has 0 radical (unpaired) electrons. The number of amides is 2. The van der Waals surface area contributed by atoms with Crippen LogP contribution < -0.4 is 16.9 Å². The maximum absolute atomic E-state index is 11.9. The van der Waals surface area contributed by atoms with Crippen molar-refractivity contribution in [3.05, 3.63) is 0 Å². The van der Waals surface area contributed by atoms with Gasteiger partial charge in [0.25, 0.3) is 0 Å². The Hall–Kier alpha value is -1.01. The van der Waals surface area contributed by atoms with Crippen molar-refractivity contribution in [2.45, 2.75) is 6.42 Å². The monoisotopic (exact) mass is 280 g/mol. The van der Waals surface area contributed by atoms with E-state index in [2.05, 4.69) is 5.32 Å². The van der Waals surface area contributed by atoms with Crippen molar-refractivity contribution in [2.24, 2.45) is 11.6 Å². The highest BCUT2D eigenvalue weighted by Crippen LogP contribution is 2.03. The van der Waals surface area contributed by atoms with Gasteiger partial charge in [0.05, 0.1) is 26.7 Å². The third-order valence-electron chi connectivity index (χ3n) is 2.12. The molecule has 19 heavy (non-hydrogen) atoms. The molecule has 0 aliphatic carbocycles. The lowest BCUT2D eigenvalue weighted by molar-refractivity contribution is -0.493. The standard InChI is InChI=1S/C9H24N6O4/c1-17-14(15(18-2)19-3)9(16)13(11)8-4-6-12-7-5-10/h12H,4-8,10-11H2,1-3H3. The molecule has 0 aliphatic heterocycles. The van der Waals surface area contributed by atoms with Crippen molar-refractivity contribution in [1.29, 1.82) is 0 Å². The average Bonchev–Trinajstić information content (AvgIpc) is 2.43. The average molecular weight is 280 g/mol. The van der Waals surface area contributed by atoms with Crippen LogP contribution >= 0.6 is 0 Å². The molecule has 0 heterocycles. The smallest absolute Gasteiger partial charge is 0.329 e. The fourth-order valence-corrected chi connectivity index (χ4v) is 1.24. The van der Waals surface area contributed by atoms with Crippen molar-refractivity contribution >= 4 is 6.03 Å². The van der Waals surface area contributed by atoms with E-state index in [1.807, 2.05) is 0 Å². The minimum Gasteiger partial charge on any atom is -0.329 e. The summed E-state index contributed by atoms with van der Waals surface area (Å²) in [4.78, 5) is 26.3. The molecule has 0 rings (SSSR count). The van der Waals surface area contributed by atoms with Crippen LogP contribution in [0.2, 0.25) is 0 Å². The molecule has 5 N–H and O–H groups in total. The Bertz CT molecular complexity index is 241. The number of nitrogens with one attached hydrogen (secondary N) is 1. The predicted molar refractivity (Wildman–Crippen MR) is 67.5 cm³/mol. The van der Waals surface area contributed by atoms with E-state index in [-0.39, 0.29) is 0 Å². The number of carbonyl (C=O) groups is 1. The molecule has 0 spiro atoms. The quantitative estimate of drug-likeness (QED) is 0.190. The second-order valence-corrected chi connectivity index (χ2v) is 3.43. The topological polar surface area (TPSA) is 119 Å². The summed E-state index contributed by atoms with van der Waals surface area (Å²) in [6.07, 6.45) is 0.680. The molecular weight excluding hydrogens is 256 g/mol. The minimum absolute atomic E-state index is 0.345. The number of hydroxylamine groups is 1. The van der Waals surface area contributed by atoms with Crippen LogP contribution in [0, 0.1) is 0 Å². The van der Waals surface area contributed by atoms with Crippen molar-refractivity contribution in [3.8, 4) is 0 Å². The van der Waals surface area contributed by atoms with Gasteiger partial charge in [-0.2, -0.15) is 0 Å². The fourth-order valence-electron chi connectivity index (χ4n) is 1.24. The lowest BCUT2D eigenvalue weighted by Crippen LogP contribution is -2.53. The Kier molecular flexibility index (Phi) is 10.3. The summed E-state index contributed by atoms with van der Waals surface area (Å²) in [5, 5.41) is 5.60. The van der Waals surface area contributed by atoms with E-state index < -0.39 is 6.03 Å². The first-order valence-corrected chi connectivity index (χ1v) is 5.81. The lowest BCUT2D eigenvalue weighted by atomic mass is 10.4. The number of urea groups is 1. The van der Waals surface area contributed by atoms with E-state index in [0.717, 1.165) is 22.1 Å². The Labute approximate surface area is 112 Å². The highest BCUT2D eigenvalue weighted by molar-refractivity contribution is 5.71. The van der Waals surface area contributed by atoms with Crippen LogP contribution in [-0.4, -0.2) is 69.1 Å². The van der Waals surface area contributed by atoms with Gasteiger partial charge in [0.2, 0.25) is 0 Å². The largest absolute Gasteiger partial charge is 0.377 e. The molecule has 0 aromatic heterocycles. The summed E-state index contributed by atoms with van der Waals surface area (Å²) in [6.45, 7) is 2.35. The van der Waals surface area contributed by atoms with E-state index in [1.165, 1.54) is 21.3 Å². The summed E-state index contributed by atoms with van der Waals surface area (Å²) in [5.74, 6) is 5.63. The Balaban J connectivity index is 4.13. The van der Waals surface area contributed by atoms with E-state index in [9.17, 15) is 4.79 Å². The zero-order valence-corrected chi connectivity index (χ0v) is 11.7. The normalized spacial score (nSPS) is 10.8. The van der Waals surface area contributed by atoms with Gasteiger partial charge < -0.3 is 11.1 Å². The molecule has 0 fully saturated rings. The Morgan fingerprint density at radius 2 is 1.79 bits per heavy atom. The number of hydrazine groups is 2. The van der Waals surface area contributed by atoms with Crippen LogP contribution in [0.5, 0.6) is 0 Å². The first-order valence-electron chi connectivity index (χ1n) is 5.81. The predicted octanol–water partition coefficient (Wildman–Crippen LogP) is -1.58. The summed E-state index contributed by atoms with van der Waals surface area (Å²) >= 11 is 0. The minimum atomic E-state index is -0.620. The van der Waals surface area contributed by atoms with E-state index in [4.69, 9.17) is 26.1 Å². The van der Waals surface area contributed by atoms with Crippen LogP contribution in [0.1, 0.15) is 6.42 Å². The molecule has 0 unspecified atom stereocenters. The van der Waals surface area contributed by atoms with Gasteiger partial charge in [0, 0.05) is 19.6 Å². The zero-order valence-electron chi connectivity index (χ0n) is 11.7. The maximum Gasteiger partial charge on any atom is 0.377 e. The molecule has 0 aromatic carbocycles. The van der Waals surface area contributed by atoms with E-state index >= 15 is 0 Å². The fraction of sp³-hybridized carbons (Fsp3) is 0.889. The highest BCUT2D eigenvalue weighted by Gasteiger charge is 2.26. The Morgan fingerprint density at radius 3 is 2.26 bits per heavy atom. The first kappa shape index (κ1) is 18.0. The molecule has 10 nitrogen and oxygen atoms in total. The van der Waals surface area contributed by atoms with Crippen LogP contribution in [0.3, 0.4) is 0 Å². The van der Waals surface area contributed by atoms with E-state index in [0.29, 0.717) is 26.1 Å². The summed E-state index contributed by atoms with van der Waals surface area (Å²) in [6, 6.07) is -0.620. The summed E-state index contributed by atoms with van der Waals surface area (Å²) in [5.41, 5.74) is 5.33. The van der Waals surface area contributed by atoms with Gasteiger partial charge in [-0.05, 0) is 13.0 Å². The molecule has 10 heteroatoms. The van der Waals surface area contributed by atoms with Crippen molar-refractivity contribution in [1.82, 2.24) is 20.8 Å². The van der Waals surface area contributed by atoms with Crippen LogP contribution in [-0.2, 0) is 14.5 Å².